The van der Waals surface area contributed by atoms with Crippen molar-refractivity contribution in [3.63, 3.8) is 0 Å². The molecule has 0 aromatic heterocycles. The van der Waals surface area contributed by atoms with E-state index in [0.29, 0.717) is 5.75 Å². The van der Waals surface area contributed by atoms with E-state index in [1.165, 1.54) is 0 Å². The second-order valence-corrected chi connectivity index (χ2v) is 4.36. The van der Waals surface area contributed by atoms with Crippen LogP contribution < -0.4 is 0 Å². The van der Waals surface area contributed by atoms with Gasteiger partial charge in [0.05, 0.1) is 0 Å². The van der Waals surface area contributed by atoms with Crippen LogP contribution >= 0.6 is 11.8 Å². The predicted molar refractivity (Wildman–Crippen MR) is 41.3 cm³/mol. The van der Waals surface area contributed by atoms with Crippen molar-refractivity contribution >= 4 is 17.7 Å². The summed E-state index contributed by atoms with van der Waals surface area (Å²) in [4.78, 5) is 10.2. The molecule has 1 saturated heterocycles. The van der Waals surface area contributed by atoms with E-state index < -0.39 is 12.0 Å². The quantitative estimate of drug-likeness (QED) is 0.738. The minimum absolute atomic E-state index is 0. The molecule has 1 unspecified atom stereocenters. The molecular weight excluding hydrogens is 377 g/mol. The van der Waals surface area contributed by atoms with Gasteiger partial charge in [-0.15, -0.1) is 0 Å². The van der Waals surface area contributed by atoms with Gasteiger partial charge in [-0.3, -0.25) is 4.79 Å². The Morgan fingerprint density at radius 2 is 2.27 bits per heavy atom. The molecule has 1 aliphatic heterocycles. The number of hydrogen-bond acceptors (Lipinski definition) is 2. The second kappa shape index (κ2) is 4.46. The van der Waals surface area contributed by atoms with Gasteiger partial charge in [-0.1, -0.05) is 18.7 Å². The van der Waals surface area contributed by atoms with E-state index in [9.17, 15) is 4.79 Å². The number of carbonyl (C=O) groups is 1. The topological polar surface area (TPSA) is 51.4 Å². The van der Waals surface area contributed by atoms with Gasteiger partial charge in [0.1, 0.15) is 0 Å². The van der Waals surface area contributed by atoms with Gasteiger partial charge in [0, 0.05) is 44.1 Å². The molecule has 1 rings (SSSR count). The van der Waals surface area contributed by atoms with Crippen molar-refractivity contribution in [2.75, 3.05) is 5.75 Å². The van der Waals surface area contributed by atoms with E-state index in [4.69, 9.17) is 5.11 Å². The first-order chi connectivity index (χ1) is 4.51. The fraction of sp³-hybridized carbons (Fsp3) is 0.833. The SMILES string of the molecule is CC1(C)[N-]C(C(=O)O)CS1.[Ac]. The molecule has 1 N–H and O–H groups in total. The zero-order valence-corrected chi connectivity index (χ0v) is 12.1. The van der Waals surface area contributed by atoms with Gasteiger partial charge >= 0.3 is 0 Å². The van der Waals surface area contributed by atoms with Gasteiger partial charge in [-0.2, -0.15) is 11.8 Å². The average Bonchev–Trinajstić information content (AvgIpc) is 2.10. The van der Waals surface area contributed by atoms with Crippen LogP contribution in [0.2, 0.25) is 0 Å². The zero-order valence-electron chi connectivity index (χ0n) is 6.57. The summed E-state index contributed by atoms with van der Waals surface area (Å²) in [6.45, 7) is 3.86. The number of carboxylic acids is 1. The third-order valence-corrected chi connectivity index (χ3v) is 2.64. The van der Waals surface area contributed by atoms with E-state index in [-0.39, 0.29) is 48.9 Å². The number of hydrogen-bond donors (Lipinski definition) is 1. The first-order valence-corrected chi connectivity index (χ1v) is 4.08. The van der Waals surface area contributed by atoms with E-state index in [1.54, 1.807) is 11.8 Å². The molecule has 61 valence electrons. The molecule has 0 aromatic rings. The first kappa shape index (κ1) is 12.2. The van der Waals surface area contributed by atoms with Crippen LogP contribution in [0.25, 0.3) is 5.32 Å². The third kappa shape index (κ3) is 3.63. The van der Waals surface area contributed by atoms with Crippen LogP contribution in [-0.4, -0.2) is 27.7 Å². The molecule has 5 heteroatoms. The summed E-state index contributed by atoms with van der Waals surface area (Å²) in [5.74, 6) is -0.194. The Labute approximate surface area is 106 Å². The van der Waals surface area contributed by atoms with Crippen LogP contribution in [0.3, 0.4) is 0 Å². The van der Waals surface area contributed by atoms with Crippen LogP contribution in [0, 0.1) is 44.1 Å². The largest absolute Gasteiger partial charge is 0.636 e. The molecule has 0 saturated carbocycles. The van der Waals surface area contributed by atoms with E-state index in [0.717, 1.165) is 0 Å². The monoisotopic (exact) mass is 387 g/mol. The first-order valence-electron chi connectivity index (χ1n) is 3.10. The summed E-state index contributed by atoms with van der Waals surface area (Å²) in [7, 11) is 0. The molecule has 1 atom stereocenters. The zero-order chi connectivity index (χ0) is 7.78. The molecule has 0 amide bonds. The average molecular weight is 387 g/mol. The summed E-state index contributed by atoms with van der Waals surface area (Å²) in [6, 6.07) is -0.486. The fourth-order valence-electron chi connectivity index (χ4n) is 0.859. The van der Waals surface area contributed by atoms with Crippen molar-refractivity contribution in [1.82, 2.24) is 0 Å². The van der Waals surface area contributed by atoms with Gasteiger partial charge in [0.15, 0.2) is 0 Å². The standard InChI is InChI=1S/C6H10NO2S.Ac/c1-6(2)7-4(3-10-6)5(8)9;/h4H,3H2,1-2H3,(H,8,9);/q-1;. The molecule has 3 nitrogen and oxygen atoms in total. The Bertz CT molecular complexity index is 163. The third-order valence-electron chi connectivity index (χ3n) is 1.35. The maximum Gasteiger partial charge on any atom is 0.286 e. The normalized spacial score (nSPS) is 27.6. The van der Waals surface area contributed by atoms with E-state index in [1.807, 2.05) is 13.8 Å². The number of aliphatic carboxylic acids is 1. The van der Waals surface area contributed by atoms with Crippen LogP contribution in [0.1, 0.15) is 13.8 Å². The molecule has 1 heterocycles. The minimum atomic E-state index is -0.807. The van der Waals surface area contributed by atoms with Crippen molar-refractivity contribution in [1.29, 1.82) is 0 Å². The molecule has 0 bridgehead atoms. The van der Waals surface area contributed by atoms with Crippen LogP contribution in [-0.2, 0) is 4.79 Å². The molecule has 1 radical (unpaired) electrons. The van der Waals surface area contributed by atoms with Crippen LogP contribution in [0.15, 0.2) is 0 Å². The van der Waals surface area contributed by atoms with Gasteiger partial charge in [0.2, 0.25) is 0 Å². The predicted octanol–water partition coefficient (Wildman–Crippen LogP) is 1.30. The van der Waals surface area contributed by atoms with Crippen LogP contribution in [0.5, 0.6) is 0 Å². The molecule has 0 aliphatic carbocycles. The summed E-state index contributed by atoms with van der Waals surface area (Å²) < 4.78 is 0. The Hall–Kier alpha value is 1.22. The van der Waals surface area contributed by atoms with Crippen molar-refractivity contribution in [3.8, 4) is 0 Å². The van der Waals surface area contributed by atoms with Gasteiger partial charge < -0.3 is 10.4 Å². The molecule has 0 spiro atoms. The van der Waals surface area contributed by atoms with E-state index >= 15 is 0 Å². The fourth-order valence-corrected chi connectivity index (χ4v) is 1.84. The summed E-state index contributed by atoms with van der Waals surface area (Å²) >= 11 is 1.59. The van der Waals surface area contributed by atoms with Crippen molar-refractivity contribution in [2.24, 2.45) is 0 Å². The molecule has 1 aliphatic rings. The van der Waals surface area contributed by atoms with Gasteiger partial charge in [-0.25, -0.2) is 0 Å². The molecule has 11 heavy (non-hydrogen) atoms. The maximum absolute atomic E-state index is 10.4. The summed E-state index contributed by atoms with van der Waals surface area (Å²) in [5, 5.41) is 12.6. The Kier molecular flexibility index (Phi) is 4.95. The number of carboxylic acid groups (broad SMARTS) is 1. The van der Waals surface area contributed by atoms with Gasteiger partial charge in [-0.05, 0) is 11.8 Å². The van der Waals surface area contributed by atoms with Gasteiger partial charge in [0.25, 0.3) is 5.97 Å². The Balaban J connectivity index is 0.000001000. The molecule has 1 fully saturated rings. The van der Waals surface area contributed by atoms with Crippen LogP contribution in [0.4, 0.5) is 0 Å². The van der Waals surface area contributed by atoms with E-state index in [2.05, 4.69) is 5.32 Å². The Morgan fingerprint density at radius 3 is 2.45 bits per heavy atom. The molecule has 0 aromatic carbocycles. The Morgan fingerprint density at radius 1 is 1.73 bits per heavy atom. The number of rotatable bonds is 1. The van der Waals surface area contributed by atoms with Crippen molar-refractivity contribution in [2.45, 2.75) is 24.8 Å². The number of thioether (sulfide) groups is 1. The smallest absolute Gasteiger partial charge is 0.286 e. The summed E-state index contributed by atoms with van der Waals surface area (Å²) in [6.07, 6.45) is 0. The van der Waals surface area contributed by atoms with Crippen molar-refractivity contribution < 1.29 is 54.0 Å². The van der Waals surface area contributed by atoms with Crippen molar-refractivity contribution in [3.05, 3.63) is 5.32 Å². The molecular formula is C6H10AcNO2S-. The second-order valence-electron chi connectivity index (χ2n) is 2.74. The minimum Gasteiger partial charge on any atom is -0.636 e. The summed E-state index contributed by atoms with van der Waals surface area (Å²) in [5.41, 5.74) is 0. The number of nitrogens with zero attached hydrogens (tertiary/aromatic N) is 1. The maximum atomic E-state index is 10.4.